The smallest absolute Gasteiger partial charge is 0.178 e. The molecule has 0 saturated heterocycles. The lowest BCUT2D eigenvalue weighted by Crippen LogP contribution is -2.40. The van der Waals surface area contributed by atoms with Crippen LogP contribution >= 0.6 is 0 Å². The Kier molecular flexibility index (Phi) is 3.64. The van der Waals surface area contributed by atoms with Gasteiger partial charge in [0.15, 0.2) is 5.78 Å². The summed E-state index contributed by atoms with van der Waals surface area (Å²) in [6.45, 7) is 7.24. The molecule has 3 aliphatic rings. The molecule has 1 heteroatoms. The molecule has 2 saturated carbocycles. The number of rotatable bonds is 0. The molecule has 0 bridgehead atoms. The van der Waals surface area contributed by atoms with Crippen molar-refractivity contribution in [1.82, 2.24) is 0 Å². The van der Waals surface area contributed by atoms with Crippen molar-refractivity contribution in [1.29, 1.82) is 0 Å². The summed E-state index contributed by atoms with van der Waals surface area (Å²) in [6, 6.07) is 0. The lowest BCUT2D eigenvalue weighted by molar-refractivity contribution is -0.110. The Labute approximate surface area is 123 Å². The Morgan fingerprint density at radius 1 is 1.05 bits per heavy atom. The summed E-state index contributed by atoms with van der Waals surface area (Å²) in [7, 11) is 0. The van der Waals surface area contributed by atoms with Gasteiger partial charge in [-0.25, -0.2) is 0 Å². The number of hydrogen-bond acceptors (Lipinski definition) is 1. The highest BCUT2D eigenvalue weighted by Gasteiger charge is 2.45. The van der Waals surface area contributed by atoms with Crippen LogP contribution in [0.2, 0.25) is 0 Å². The lowest BCUT2D eigenvalue weighted by atomic mass is 9.55. The van der Waals surface area contributed by atoms with Crippen LogP contribution in [0.4, 0.5) is 0 Å². The predicted octanol–water partition coefficient (Wildman–Crippen LogP) is 4.93. The van der Waals surface area contributed by atoms with E-state index < -0.39 is 0 Å². The molecule has 0 aromatic heterocycles. The van der Waals surface area contributed by atoms with Crippen LogP contribution in [-0.2, 0) is 4.79 Å². The number of allylic oxidation sites excluding steroid dienone is 4. The quantitative estimate of drug-likeness (QED) is 0.611. The summed E-state index contributed by atoms with van der Waals surface area (Å²) in [5.41, 5.74) is 1.57. The van der Waals surface area contributed by atoms with Gasteiger partial charge in [-0.05, 0) is 61.5 Å². The molecule has 3 aliphatic carbocycles. The molecule has 0 radical (unpaired) electrons. The molecule has 20 heavy (non-hydrogen) atoms. The van der Waals surface area contributed by atoms with Crippen molar-refractivity contribution in [3.05, 3.63) is 23.8 Å². The Bertz CT molecular complexity index is 458. The molecule has 3 rings (SSSR count). The van der Waals surface area contributed by atoms with E-state index in [1.54, 1.807) is 0 Å². The van der Waals surface area contributed by atoms with Crippen LogP contribution in [0.25, 0.3) is 0 Å². The summed E-state index contributed by atoms with van der Waals surface area (Å²) >= 11 is 0. The van der Waals surface area contributed by atoms with Crippen LogP contribution in [0.15, 0.2) is 23.8 Å². The van der Waals surface area contributed by atoms with E-state index in [-0.39, 0.29) is 11.2 Å². The van der Waals surface area contributed by atoms with Crippen LogP contribution in [0.3, 0.4) is 0 Å². The Morgan fingerprint density at radius 3 is 2.50 bits per heavy atom. The Balaban J connectivity index is 1.88. The minimum Gasteiger partial charge on any atom is -0.290 e. The van der Waals surface area contributed by atoms with Crippen molar-refractivity contribution in [2.75, 3.05) is 0 Å². The van der Waals surface area contributed by atoms with Gasteiger partial charge in [0.2, 0.25) is 0 Å². The van der Waals surface area contributed by atoms with Crippen molar-refractivity contribution >= 4 is 5.78 Å². The molecule has 110 valence electrons. The maximum atomic E-state index is 11.7. The first-order valence-electron chi connectivity index (χ1n) is 8.45. The van der Waals surface area contributed by atoms with E-state index in [2.05, 4.69) is 26.8 Å². The van der Waals surface area contributed by atoms with Gasteiger partial charge in [0.1, 0.15) is 0 Å². The van der Waals surface area contributed by atoms with E-state index in [0.717, 1.165) is 30.1 Å². The first kappa shape index (κ1) is 14.1. The average Bonchev–Trinajstić information content (AvgIpc) is 2.42. The Hall–Kier alpha value is -0.850. The minimum atomic E-state index is 0.164. The molecule has 0 aromatic carbocycles. The molecule has 1 nitrogen and oxygen atoms in total. The zero-order chi connectivity index (χ0) is 14.3. The van der Waals surface area contributed by atoms with Crippen molar-refractivity contribution in [2.45, 2.75) is 59.3 Å². The fourth-order valence-corrected chi connectivity index (χ4v) is 4.84. The summed E-state index contributed by atoms with van der Waals surface area (Å²) in [4.78, 5) is 11.7. The SMILES string of the molecule is CC1CCC2C(CCC3=CC(=O)C=CC32C)CC[C@H]1C. The van der Waals surface area contributed by atoms with Gasteiger partial charge in [0, 0.05) is 5.41 Å². The van der Waals surface area contributed by atoms with Crippen molar-refractivity contribution < 1.29 is 4.79 Å². The van der Waals surface area contributed by atoms with E-state index in [0.29, 0.717) is 0 Å². The molecule has 0 N–H and O–H groups in total. The fourth-order valence-electron chi connectivity index (χ4n) is 4.84. The second-order valence-corrected chi connectivity index (χ2v) is 7.70. The summed E-state index contributed by atoms with van der Waals surface area (Å²) < 4.78 is 0. The molecular weight excluding hydrogens is 244 g/mol. The van der Waals surface area contributed by atoms with Crippen LogP contribution in [-0.4, -0.2) is 5.78 Å². The van der Waals surface area contributed by atoms with Crippen LogP contribution < -0.4 is 0 Å². The van der Waals surface area contributed by atoms with Gasteiger partial charge in [-0.15, -0.1) is 0 Å². The highest BCUT2D eigenvalue weighted by atomic mass is 16.1. The molecule has 5 atom stereocenters. The van der Waals surface area contributed by atoms with Crippen LogP contribution in [0, 0.1) is 29.1 Å². The number of ketones is 1. The molecule has 0 amide bonds. The molecule has 0 aromatic rings. The maximum absolute atomic E-state index is 11.7. The van der Waals surface area contributed by atoms with E-state index in [1.165, 1.54) is 37.7 Å². The van der Waals surface area contributed by atoms with Crippen molar-refractivity contribution in [2.24, 2.45) is 29.1 Å². The van der Waals surface area contributed by atoms with Crippen molar-refractivity contribution in [3.63, 3.8) is 0 Å². The van der Waals surface area contributed by atoms with Gasteiger partial charge >= 0.3 is 0 Å². The summed E-state index contributed by atoms with van der Waals surface area (Å²) in [6.07, 6.45) is 13.9. The topological polar surface area (TPSA) is 17.1 Å². The predicted molar refractivity (Wildman–Crippen MR) is 83.3 cm³/mol. The van der Waals surface area contributed by atoms with Gasteiger partial charge in [0.25, 0.3) is 0 Å². The summed E-state index contributed by atoms with van der Waals surface area (Å²) in [5.74, 6) is 3.54. The van der Waals surface area contributed by atoms with Gasteiger partial charge < -0.3 is 0 Å². The normalized spacial score (nSPS) is 45.0. The maximum Gasteiger partial charge on any atom is 0.178 e. The van der Waals surface area contributed by atoms with Crippen LogP contribution in [0.5, 0.6) is 0 Å². The summed E-state index contributed by atoms with van der Waals surface area (Å²) in [5, 5.41) is 0. The second kappa shape index (κ2) is 5.16. The van der Waals surface area contributed by atoms with E-state index in [9.17, 15) is 4.79 Å². The molecule has 0 aliphatic heterocycles. The number of fused-ring (bicyclic) bond motifs is 3. The highest BCUT2D eigenvalue weighted by molar-refractivity contribution is 6.01. The highest BCUT2D eigenvalue weighted by Crippen LogP contribution is 2.54. The standard InChI is InChI=1S/C19H28O/c1-13-4-6-15-7-8-16-12-17(20)10-11-19(16,3)18(15)9-5-14(13)2/h10-15,18H,4-9H2,1-3H3/t13-,14?,15?,18?,19?/m1/s1. The van der Waals surface area contributed by atoms with Crippen LogP contribution in [0.1, 0.15) is 59.3 Å². The first-order chi connectivity index (χ1) is 9.50. The number of carbonyl (C=O) groups excluding carboxylic acids is 1. The largest absolute Gasteiger partial charge is 0.290 e. The van der Waals surface area contributed by atoms with Gasteiger partial charge in [-0.3, -0.25) is 4.79 Å². The molecule has 2 fully saturated rings. The molecular formula is C19H28O. The fraction of sp³-hybridized carbons (Fsp3) is 0.737. The molecule has 4 unspecified atom stereocenters. The van der Waals surface area contributed by atoms with E-state index in [4.69, 9.17) is 0 Å². The number of carbonyl (C=O) groups is 1. The zero-order valence-corrected chi connectivity index (χ0v) is 13.2. The molecule has 0 heterocycles. The average molecular weight is 272 g/mol. The van der Waals surface area contributed by atoms with Gasteiger partial charge in [-0.2, -0.15) is 0 Å². The first-order valence-corrected chi connectivity index (χ1v) is 8.45. The monoisotopic (exact) mass is 272 g/mol. The van der Waals surface area contributed by atoms with E-state index in [1.807, 2.05) is 12.2 Å². The van der Waals surface area contributed by atoms with E-state index >= 15 is 0 Å². The zero-order valence-electron chi connectivity index (χ0n) is 13.2. The second-order valence-electron chi connectivity index (χ2n) is 7.70. The third-order valence-electron chi connectivity index (χ3n) is 6.62. The minimum absolute atomic E-state index is 0.164. The Morgan fingerprint density at radius 2 is 1.75 bits per heavy atom. The van der Waals surface area contributed by atoms with Gasteiger partial charge in [-0.1, -0.05) is 45.3 Å². The lowest BCUT2D eigenvalue weighted by Gasteiger charge is -2.49. The van der Waals surface area contributed by atoms with Gasteiger partial charge in [0.05, 0.1) is 0 Å². The molecule has 0 spiro atoms. The number of hydrogen-bond donors (Lipinski definition) is 0. The van der Waals surface area contributed by atoms with Crippen molar-refractivity contribution in [3.8, 4) is 0 Å². The third-order valence-corrected chi connectivity index (χ3v) is 6.62. The third kappa shape index (κ3) is 2.29.